The van der Waals surface area contributed by atoms with Crippen LogP contribution in [0.4, 0.5) is 0 Å². The lowest BCUT2D eigenvalue weighted by atomic mass is 9.60. The third-order valence-corrected chi connectivity index (χ3v) is 2.65. The van der Waals surface area contributed by atoms with Gasteiger partial charge in [-0.25, -0.2) is 0 Å². The van der Waals surface area contributed by atoms with E-state index >= 15 is 0 Å². The lowest BCUT2D eigenvalue weighted by molar-refractivity contribution is 0.490. The number of hydrogen-bond acceptors (Lipinski definition) is 3. The first kappa shape index (κ1) is 11.2. The molecule has 0 aromatic carbocycles. The van der Waals surface area contributed by atoms with E-state index in [0.717, 1.165) is 19.6 Å². The molecular formula is C7H18B3N3. The summed E-state index contributed by atoms with van der Waals surface area (Å²) in [7, 11) is 4.41. The van der Waals surface area contributed by atoms with Gasteiger partial charge in [0.05, 0.1) is 0 Å². The van der Waals surface area contributed by atoms with E-state index in [1.54, 1.807) is 0 Å². The highest BCUT2D eigenvalue weighted by Gasteiger charge is 2.32. The molecule has 0 saturated carbocycles. The van der Waals surface area contributed by atoms with Gasteiger partial charge in [0, 0.05) is 0 Å². The minimum atomic E-state index is 0.498. The van der Waals surface area contributed by atoms with Crippen LogP contribution >= 0.6 is 0 Å². The Labute approximate surface area is 84.1 Å². The normalized spacial score (nSPS) is 21.4. The summed E-state index contributed by atoms with van der Waals surface area (Å²) in [5, 5.41) is 0. The summed E-state index contributed by atoms with van der Waals surface area (Å²) < 4.78 is 6.94. The molecule has 0 spiro atoms. The van der Waals surface area contributed by atoms with Crippen molar-refractivity contribution in [2.24, 2.45) is 0 Å². The fourth-order valence-corrected chi connectivity index (χ4v) is 1.65. The predicted molar refractivity (Wildman–Crippen MR) is 60.3 cm³/mol. The van der Waals surface area contributed by atoms with Crippen LogP contribution in [0.25, 0.3) is 0 Å². The van der Waals surface area contributed by atoms with E-state index in [0.29, 0.717) is 6.98 Å². The lowest BCUT2D eigenvalue weighted by Crippen LogP contribution is -2.66. The van der Waals surface area contributed by atoms with E-state index in [2.05, 4.69) is 56.9 Å². The van der Waals surface area contributed by atoms with Gasteiger partial charge in [-0.05, 0) is 19.6 Å². The Hall–Kier alpha value is 0.0748. The van der Waals surface area contributed by atoms with Crippen molar-refractivity contribution >= 4 is 22.1 Å². The zero-order valence-electron chi connectivity index (χ0n) is 9.20. The zero-order valence-corrected chi connectivity index (χ0v) is 9.20. The van der Waals surface area contributed by atoms with Crippen molar-refractivity contribution in [2.75, 3.05) is 19.6 Å². The molecule has 1 rings (SSSR count). The molecule has 1 aliphatic rings. The maximum Gasteiger partial charge on any atom is 0.290 e. The molecular weight excluding hydrogens is 159 g/mol. The Bertz CT molecular complexity index is 144. The van der Waals surface area contributed by atoms with Crippen LogP contribution in [0.15, 0.2) is 0 Å². The average Bonchev–Trinajstić information content (AvgIpc) is 2.18. The monoisotopic (exact) mass is 177 g/mol. The summed E-state index contributed by atoms with van der Waals surface area (Å²) in [6, 6.07) is 0. The van der Waals surface area contributed by atoms with Crippen molar-refractivity contribution in [1.29, 1.82) is 0 Å². The highest BCUT2D eigenvalue weighted by Crippen LogP contribution is 2.07. The first-order valence-electron chi connectivity index (χ1n) is 5.20. The van der Waals surface area contributed by atoms with Gasteiger partial charge in [-0.3, -0.25) is 0 Å². The van der Waals surface area contributed by atoms with E-state index < -0.39 is 0 Å². The van der Waals surface area contributed by atoms with Crippen LogP contribution in [0.1, 0.15) is 20.8 Å². The van der Waals surface area contributed by atoms with Crippen LogP contribution in [-0.2, 0) is 0 Å². The molecule has 0 aliphatic carbocycles. The fourth-order valence-electron chi connectivity index (χ4n) is 1.65. The molecule has 1 fully saturated rings. The molecule has 1 heterocycles. The molecule has 6 heteroatoms. The Morgan fingerprint density at radius 2 is 1.38 bits per heavy atom. The SMILES string of the molecule is CCN1[B]N(CC)B(C)N(CC)[B]1. The van der Waals surface area contributed by atoms with Crippen LogP contribution in [0.3, 0.4) is 0 Å². The Morgan fingerprint density at radius 3 is 1.69 bits per heavy atom. The summed E-state index contributed by atoms with van der Waals surface area (Å²) in [5.74, 6) is 0. The first-order valence-corrected chi connectivity index (χ1v) is 5.20. The van der Waals surface area contributed by atoms with E-state index in [4.69, 9.17) is 0 Å². The second kappa shape index (κ2) is 5.08. The Kier molecular flexibility index (Phi) is 4.36. The molecule has 3 nitrogen and oxygen atoms in total. The van der Waals surface area contributed by atoms with Gasteiger partial charge >= 0.3 is 0 Å². The largest absolute Gasteiger partial charge is 0.365 e. The van der Waals surface area contributed by atoms with Crippen LogP contribution in [0.5, 0.6) is 0 Å². The summed E-state index contributed by atoms with van der Waals surface area (Å²) in [6.07, 6.45) is 0. The van der Waals surface area contributed by atoms with Crippen LogP contribution in [0.2, 0.25) is 6.82 Å². The minimum absolute atomic E-state index is 0.498. The van der Waals surface area contributed by atoms with Gasteiger partial charge in [-0.2, -0.15) is 0 Å². The maximum absolute atomic E-state index is 2.35. The molecule has 0 amide bonds. The Morgan fingerprint density at radius 1 is 0.923 bits per heavy atom. The second-order valence-electron chi connectivity index (χ2n) is 3.35. The van der Waals surface area contributed by atoms with Crippen LogP contribution < -0.4 is 0 Å². The molecule has 1 saturated heterocycles. The molecule has 1 aliphatic heterocycles. The Balaban J connectivity index is 2.56. The van der Waals surface area contributed by atoms with Crippen LogP contribution in [0, 0.1) is 0 Å². The summed E-state index contributed by atoms with van der Waals surface area (Å²) >= 11 is 0. The number of hydrogen-bond donors (Lipinski definition) is 0. The molecule has 0 N–H and O–H groups in total. The summed E-state index contributed by atoms with van der Waals surface area (Å²) in [4.78, 5) is 0. The van der Waals surface area contributed by atoms with Crippen molar-refractivity contribution in [3.8, 4) is 0 Å². The smallest absolute Gasteiger partial charge is 0.290 e. The van der Waals surface area contributed by atoms with Gasteiger partial charge in [0.1, 0.15) is 0 Å². The van der Waals surface area contributed by atoms with E-state index in [1.807, 2.05) is 0 Å². The van der Waals surface area contributed by atoms with Gasteiger partial charge in [0.15, 0.2) is 0 Å². The molecule has 0 aromatic rings. The highest BCUT2D eigenvalue weighted by atomic mass is 15.3. The maximum atomic E-state index is 2.35. The highest BCUT2D eigenvalue weighted by molar-refractivity contribution is 6.73. The second-order valence-corrected chi connectivity index (χ2v) is 3.35. The third kappa shape index (κ3) is 2.52. The first-order chi connectivity index (χ1) is 6.22. The minimum Gasteiger partial charge on any atom is -0.365 e. The molecule has 0 atom stereocenters. The molecule has 70 valence electrons. The van der Waals surface area contributed by atoms with E-state index in [-0.39, 0.29) is 0 Å². The van der Waals surface area contributed by atoms with E-state index in [9.17, 15) is 0 Å². The van der Waals surface area contributed by atoms with Crippen molar-refractivity contribution in [3.63, 3.8) is 0 Å². The molecule has 0 bridgehead atoms. The standard InChI is InChI=1S/C7H18B3N3/c1-5-11-8-12(6-2)10(4)13(7-3)9-11/h5-7H2,1-4H3. The van der Waals surface area contributed by atoms with Gasteiger partial charge in [0.2, 0.25) is 0 Å². The van der Waals surface area contributed by atoms with Crippen molar-refractivity contribution in [1.82, 2.24) is 14.2 Å². The lowest BCUT2D eigenvalue weighted by Gasteiger charge is -2.43. The fraction of sp³-hybridized carbons (Fsp3) is 1.00. The van der Waals surface area contributed by atoms with Crippen molar-refractivity contribution in [3.05, 3.63) is 0 Å². The van der Waals surface area contributed by atoms with Crippen molar-refractivity contribution < 1.29 is 0 Å². The van der Waals surface area contributed by atoms with E-state index in [1.165, 1.54) is 0 Å². The molecule has 2 radical (unpaired) electrons. The third-order valence-electron chi connectivity index (χ3n) is 2.65. The molecule has 13 heavy (non-hydrogen) atoms. The quantitative estimate of drug-likeness (QED) is 0.567. The average molecular weight is 177 g/mol. The molecule has 0 aromatic heterocycles. The predicted octanol–water partition coefficient (Wildman–Crippen LogP) is 0.152. The van der Waals surface area contributed by atoms with Crippen LogP contribution in [-0.4, -0.2) is 55.9 Å². The van der Waals surface area contributed by atoms with Gasteiger partial charge in [-0.1, -0.05) is 27.6 Å². The summed E-state index contributed by atoms with van der Waals surface area (Å²) in [6.45, 7) is 12.5. The zero-order chi connectivity index (χ0) is 9.84. The number of nitrogens with zero attached hydrogens (tertiary/aromatic N) is 3. The molecule has 0 unspecified atom stereocenters. The topological polar surface area (TPSA) is 9.72 Å². The van der Waals surface area contributed by atoms with Gasteiger partial charge in [-0.15, -0.1) is 0 Å². The van der Waals surface area contributed by atoms with Gasteiger partial charge in [0.25, 0.3) is 22.1 Å². The number of rotatable bonds is 3. The van der Waals surface area contributed by atoms with Crippen molar-refractivity contribution in [2.45, 2.75) is 27.6 Å². The van der Waals surface area contributed by atoms with Gasteiger partial charge < -0.3 is 14.2 Å². The summed E-state index contributed by atoms with van der Waals surface area (Å²) in [5.41, 5.74) is 0.